The zero-order chi connectivity index (χ0) is 18.1. The van der Waals surface area contributed by atoms with Crippen LogP contribution in [0.15, 0.2) is 35.3 Å². The monoisotopic (exact) mass is 352 g/mol. The van der Waals surface area contributed by atoms with Gasteiger partial charge in [0, 0.05) is 40.4 Å². The van der Waals surface area contributed by atoms with Gasteiger partial charge in [0.1, 0.15) is 6.10 Å². The SMILES string of the molecule is C=C(C)[C@@H]1C[C@@]2(C)C(=C[C@H]1O)CC[C@@H](OC(=O)/C=C/S(C)=O)[C@@H]2C. The number of aliphatic hydroxyl groups excluding tert-OH is 1. The predicted octanol–water partition coefficient (Wildman–Crippen LogP) is 3.11. The second-order valence-corrected chi connectivity index (χ2v) is 8.63. The second-order valence-electron chi connectivity index (χ2n) is 7.36. The Morgan fingerprint density at radius 1 is 1.54 bits per heavy atom. The highest BCUT2D eigenvalue weighted by atomic mass is 32.2. The summed E-state index contributed by atoms with van der Waals surface area (Å²) < 4.78 is 16.7. The normalized spacial score (nSPS) is 37.5. The van der Waals surface area contributed by atoms with Gasteiger partial charge in [-0.1, -0.05) is 37.6 Å². The Morgan fingerprint density at radius 3 is 2.79 bits per heavy atom. The van der Waals surface area contributed by atoms with Gasteiger partial charge in [-0.2, -0.15) is 0 Å². The van der Waals surface area contributed by atoms with Crippen LogP contribution in [-0.4, -0.2) is 33.7 Å². The van der Waals surface area contributed by atoms with Crippen LogP contribution in [0.2, 0.25) is 0 Å². The van der Waals surface area contributed by atoms with Gasteiger partial charge in [0.15, 0.2) is 0 Å². The number of allylic oxidation sites excluding steroid dienone is 1. The van der Waals surface area contributed by atoms with Crippen molar-refractivity contribution in [1.29, 1.82) is 0 Å². The molecule has 24 heavy (non-hydrogen) atoms. The molecule has 0 spiro atoms. The third-order valence-electron chi connectivity index (χ3n) is 5.72. The first-order chi connectivity index (χ1) is 11.1. The number of rotatable bonds is 4. The second kappa shape index (κ2) is 7.36. The van der Waals surface area contributed by atoms with Gasteiger partial charge in [0.25, 0.3) is 0 Å². The molecular formula is C19H28O4S. The molecule has 5 heteroatoms. The van der Waals surface area contributed by atoms with E-state index in [1.54, 1.807) is 0 Å². The predicted molar refractivity (Wildman–Crippen MR) is 96.6 cm³/mol. The molecule has 134 valence electrons. The smallest absolute Gasteiger partial charge is 0.331 e. The molecule has 0 heterocycles. The van der Waals surface area contributed by atoms with E-state index >= 15 is 0 Å². The molecule has 4 nitrogen and oxygen atoms in total. The van der Waals surface area contributed by atoms with E-state index in [4.69, 9.17) is 4.74 Å². The fraction of sp³-hybridized carbons (Fsp3) is 0.632. The quantitative estimate of drug-likeness (QED) is 0.480. The first kappa shape index (κ1) is 19.1. The van der Waals surface area contributed by atoms with Crippen LogP contribution in [0.4, 0.5) is 0 Å². The summed E-state index contributed by atoms with van der Waals surface area (Å²) in [7, 11) is -1.16. The van der Waals surface area contributed by atoms with Crippen molar-refractivity contribution in [2.45, 2.75) is 52.2 Å². The lowest BCUT2D eigenvalue weighted by atomic mass is 9.56. The van der Waals surface area contributed by atoms with Gasteiger partial charge in [-0.05, 0) is 31.6 Å². The van der Waals surface area contributed by atoms with E-state index in [0.29, 0.717) is 0 Å². The molecule has 0 aromatic carbocycles. The first-order valence-electron chi connectivity index (χ1n) is 8.41. The van der Waals surface area contributed by atoms with Crippen molar-refractivity contribution in [2.75, 3.05) is 6.26 Å². The lowest BCUT2D eigenvalue weighted by molar-refractivity contribution is -0.150. The average Bonchev–Trinajstić information content (AvgIpc) is 2.49. The number of aliphatic hydroxyl groups is 1. The summed E-state index contributed by atoms with van der Waals surface area (Å²) >= 11 is 0. The van der Waals surface area contributed by atoms with E-state index < -0.39 is 22.9 Å². The van der Waals surface area contributed by atoms with Crippen molar-refractivity contribution >= 4 is 16.8 Å². The van der Waals surface area contributed by atoms with Crippen LogP contribution in [0.3, 0.4) is 0 Å². The van der Waals surface area contributed by atoms with Gasteiger partial charge in [0.05, 0.1) is 6.10 Å². The Labute approximate surface area is 147 Å². The number of esters is 1. The Kier molecular flexibility index (Phi) is 5.87. The van der Waals surface area contributed by atoms with Gasteiger partial charge < -0.3 is 9.84 Å². The summed E-state index contributed by atoms with van der Waals surface area (Å²) in [4.78, 5) is 11.9. The molecule has 0 aromatic heterocycles. The van der Waals surface area contributed by atoms with Crippen LogP contribution in [0, 0.1) is 17.3 Å². The first-order valence-corrected chi connectivity index (χ1v) is 10.0. The van der Waals surface area contributed by atoms with Crippen LogP contribution < -0.4 is 0 Å². The highest BCUT2D eigenvalue weighted by Crippen LogP contribution is 2.53. The summed E-state index contributed by atoms with van der Waals surface area (Å²) in [6, 6.07) is 0. The molecular weight excluding hydrogens is 324 g/mol. The highest BCUT2D eigenvalue weighted by Gasteiger charge is 2.48. The fourth-order valence-corrected chi connectivity index (χ4v) is 4.30. The third-order valence-corrected chi connectivity index (χ3v) is 6.24. The zero-order valence-electron chi connectivity index (χ0n) is 15.0. The molecule has 1 fully saturated rings. The number of hydrogen-bond acceptors (Lipinski definition) is 4. The molecule has 1 N–H and O–H groups in total. The molecule has 2 rings (SSSR count). The van der Waals surface area contributed by atoms with Gasteiger partial charge in [-0.3, -0.25) is 4.21 Å². The van der Waals surface area contributed by atoms with Gasteiger partial charge in [-0.15, -0.1) is 0 Å². The summed E-state index contributed by atoms with van der Waals surface area (Å²) in [6.45, 7) is 10.3. The molecule has 2 aliphatic rings. The van der Waals surface area contributed by atoms with Gasteiger partial charge >= 0.3 is 5.97 Å². The highest BCUT2D eigenvalue weighted by molar-refractivity contribution is 7.87. The van der Waals surface area contributed by atoms with Crippen molar-refractivity contribution in [2.24, 2.45) is 17.3 Å². The minimum Gasteiger partial charge on any atom is -0.459 e. The minimum absolute atomic E-state index is 0.0399. The molecule has 0 bridgehead atoms. The maximum Gasteiger partial charge on any atom is 0.331 e. The standard InChI is InChI=1S/C19H28O4S/c1-12(2)15-11-19(4)13(3)17(7-6-14(19)10-16(15)20)23-18(21)8-9-24(5)22/h8-10,13,15-17,20H,1,6-7,11H2,2-5H3/b9-8+/t13-,15-,16+,17+,19+,24?/m0/s1. The molecule has 1 unspecified atom stereocenters. The van der Waals surface area contributed by atoms with E-state index in [1.165, 1.54) is 23.3 Å². The van der Waals surface area contributed by atoms with Crippen LogP contribution >= 0.6 is 0 Å². The fourth-order valence-electron chi connectivity index (χ4n) is 3.99. The summed E-state index contributed by atoms with van der Waals surface area (Å²) in [6.07, 6.45) is 6.49. The molecule has 0 radical (unpaired) electrons. The van der Waals surface area contributed by atoms with Crippen LogP contribution in [-0.2, 0) is 20.3 Å². The van der Waals surface area contributed by atoms with Crippen molar-refractivity contribution in [3.8, 4) is 0 Å². The van der Waals surface area contributed by atoms with E-state index in [1.807, 2.05) is 13.0 Å². The lowest BCUT2D eigenvalue weighted by Crippen LogP contribution is -2.47. The molecule has 6 atom stereocenters. The Bertz CT molecular complexity index is 606. The van der Waals surface area contributed by atoms with Crippen molar-refractivity contribution in [3.05, 3.63) is 35.3 Å². The molecule has 0 amide bonds. The van der Waals surface area contributed by atoms with Crippen LogP contribution in [0.5, 0.6) is 0 Å². The van der Waals surface area contributed by atoms with E-state index in [-0.39, 0.29) is 23.4 Å². The Morgan fingerprint density at radius 2 is 2.21 bits per heavy atom. The number of carbonyl (C=O) groups is 1. The van der Waals surface area contributed by atoms with Gasteiger partial charge in [0.2, 0.25) is 0 Å². The van der Waals surface area contributed by atoms with E-state index in [9.17, 15) is 14.1 Å². The maximum atomic E-state index is 11.9. The summed E-state index contributed by atoms with van der Waals surface area (Å²) in [5, 5.41) is 11.7. The van der Waals surface area contributed by atoms with Crippen LogP contribution in [0.25, 0.3) is 0 Å². The zero-order valence-corrected chi connectivity index (χ0v) is 15.8. The Balaban J connectivity index is 2.17. The van der Waals surface area contributed by atoms with Gasteiger partial charge in [-0.25, -0.2) is 4.79 Å². The number of ether oxygens (including phenoxy) is 1. The number of carbonyl (C=O) groups excluding carboxylic acids is 1. The topological polar surface area (TPSA) is 63.6 Å². The number of fused-ring (bicyclic) bond motifs is 1. The molecule has 0 aliphatic heterocycles. The largest absolute Gasteiger partial charge is 0.459 e. The van der Waals surface area contributed by atoms with Crippen molar-refractivity contribution in [1.82, 2.24) is 0 Å². The summed E-state index contributed by atoms with van der Waals surface area (Å²) in [5.74, 6) is -0.250. The maximum absolute atomic E-state index is 11.9. The summed E-state index contributed by atoms with van der Waals surface area (Å²) in [5.41, 5.74) is 2.14. The third kappa shape index (κ3) is 3.89. The Hall–Kier alpha value is -1.20. The number of hydrogen-bond donors (Lipinski definition) is 1. The van der Waals surface area contributed by atoms with E-state index in [0.717, 1.165) is 24.8 Å². The molecule has 0 aromatic rings. The van der Waals surface area contributed by atoms with E-state index in [2.05, 4.69) is 20.4 Å². The van der Waals surface area contributed by atoms with Crippen molar-refractivity contribution < 1.29 is 18.8 Å². The molecule has 2 aliphatic carbocycles. The average molecular weight is 352 g/mol. The van der Waals surface area contributed by atoms with Crippen molar-refractivity contribution in [3.63, 3.8) is 0 Å². The van der Waals surface area contributed by atoms with Crippen LogP contribution in [0.1, 0.15) is 40.0 Å². The molecule has 0 saturated heterocycles. The lowest BCUT2D eigenvalue weighted by Gasteiger charge is -2.50. The minimum atomic E-state index is -1.16. The molecule has 1 saturated carbocycles.